The molecule has 27 heavy (non-hydrogen) atoms. The van der Waals surface area contributed by atoms with Gasteiger partial charge in [0.1, 0.15) is 11.9 Å². The number of imidazole rings is 1. The van der Waals surface area contributed by atoms with E-state index in [0.717, 1.165) is 18.8 Å². The molecule has 0 spiro atoms. The molecule has 2 heterocycles. The average molecular weight is 391 g/mol. The summed E-state index contributed by atoms with van der Waals surface area (Å²) in [5.41, 5.74) is 1.88. The summed E-state index contributed by atoms with van der Waals surface area (Å²) in [4.78, 5) is 31.4. The summed E-state index contributed by atoms with van der Waals surface area (Å²) in [5.74, 6) is 0.898. The molecule has 1 aliphatic rings. The fourth-order valence-electron chi connectivity index (χ4n) is 3.37. The number of halogens is 1. The van der Waals surface area contributed by atoms with Gasteiger partial charge >= 0.3 is 0 Å². The average Bonchev–Trinajstić information content (AvgIpc) is 3.11. The number of carbonyl (C=O) groups excluding carboxylic acids is 2. The highest BCUT2D eigenvalue weighted by Crippen LogP contribution is 2.22. The Morgan fingerprint density at radius 3 is 2.59 bits per heavy atom. The van der Waals surface area contributed by atoms with Crippen molar-refractivity contribution >= 4 is 24.1 Å². The van der Waals surface area contributed by atoms with E-state index in [9.17, 15) is 9.59 Å². The number of nitrogens with one attached hydrogen (secondary N) is 1. The number of ketones is 1. The largest absolute Gasteiger partial charge is 0.336 e. The number of amides is 1. The molecule has 7 heteroatoms. The second kappa shape index (κ2) is 9.67. The van der Waals surface area contributed by atoms with E-state index in [-0.39, 0.29) is 43.0 Å². The predicted octanol–water partition coefficient (Wildman–Crippen LogP) is 2.54. The number of Topliss-reactive ketones (excluding diaryl/α,β-unsaturated/α-hetero) is 1. The summed E-state index contributed by atoms with van der Waals surface area (Å²) in [7, 11) is 1.93. The van der Waals surface area contributed by atoms with Gasteiger partial charge in [-0.15, -0.1) is 12.4 Å². The maximum Gasteiger partial charge on any atom is 0.223 e. The van der Waals surface area contributed by atoms with Gasteiger partial charge in [-0.3, -0.25) is 9.59 Å². The molecule has 1 saturated heterocycles. The smallest absolute Gasteiger partial charge is 0.223 e. The van der Waals surface area contributed by atoms with Crippen LogP contribution in [-0.4, -0.2) is 45.8 Å². The van der Waals surface area contributed by atoms with Crippen molar-refractivity contribution in [2.75, 3.05) is 19.6 Å². The first-order valence-corrected chi connectivity index (χ1v) is 9.19. The lowest BCUT2D eigenvalue weighted by Crippen LogP contribution is -2.49. The number of carbonyl (C=O) groups is 2. The zero-order valence-corrected chi connectivity index (χ0v) is 16.7. The zero-order chi connectivity index (χ0) is 18.5. The minimum Gasteiger partial charge on any atom is -0.336 e. The Bertz CT molecular complexity index is 773. The first-order valence-electron chi connectivity index (χ1n) is 9.19. The van der Waals surface area contributed by atoms with Gasteiger partial charge in [0.05, 0.1) is 0 Å². The van der Waals surface area contributed by atoms with Gasteiger partial charge in [0.25, 0.3) is 0 Å². The van der Waals surface area contributed by atoms with Crippen LogP contribution in [0.4, 0.5) is 0 Å². The fourth-order valence-corrected chi connectivity index (χ4v) is 3.37. The number of aromatic nitrogens is 2. The van der Waals surface area contributed by atoms with Crippen molar-refractivity contribution in [3.05, 3.63) is 53.6 Å². The molecule has 1 aromatic carbocycles. The molecule has 1 amide bonds. The van der Waals surface area contributed by atoms with Crippen molar-refractivity contribution in [3.8, 4) is 0 Å². The van der Waals surface area contributed by atoms with Crippen molar-refractivity contribution in [1.29, 1.82) is 0 Å². The molecule has 0 saturated carbocycles. The Morgan fingerprint density at radius 1 is 1.22 bits per heavy atom. The van der Waals surface area contributed by atoms with Gasteiger partial charge in [-0.25, -0.2) is 4.98 Å². The lowest BCUT2D eigenvalue weighted by Gasteiger charge is -2.35. The summed E-state index contributed by atoms with van der Waals surface area (Å²) >= 11 is 0. The second-order valence-electron chi connectivity index (χ2n) is 6.68. The molecule has 1 aliphatic heterocycles. The van der Waals surface area contributed by atoms with E-state index < -0.39 is 0 Å². The van der Waals surface area contributed by atoms with Gasteiger partial charge in [-0.2, -0.15) is 0 Å². The SMILES string of the molecule is CCc1ccc(C(=O)CCC(=O)N2CCNCC2c2nccn2C)cc1.Cl. The number of hydrogen-bond donors (Lipinski definition) is 1. The molecular formula is C20H27ClN4O2. The molecule has 0 aliphatic carbocycles. The maximum atomic E-state index is 12.8. The summed E-state index contributed by atoms with van der Waals surface area (Å²) in [6.07, 6.45) is 5.05. The number of hydrogen-bond acceptors (Lipinski definition) is 4. The van der Waals surface area contributed by atoms with Gasteiger partial charge in [-0.05, 0) is 12.0 Å². The molecular weight excluding hydrogens is 364 g/mol. The van der Waals surface area contributed by atoms with E-state index in [2.05, 4.69) is 17.2 Å². The van der Waals surface area contributed by atoms with Crippen LogP contribution in [0.25, 0.3) is 0 Å². The summed E-state index contributed by atoms with van der Waals surface area (Å²) < 4.78 is 1.94. The minimum atomic E-state index is -0.0878. The van der Waals surface area contributed by atoms with Crippen LogP contribution in [0.15, 0.2) is 36.7 Å². The minimum absolute atomic E-state index is 0. The molecule has 3 rings (SSSR count). The van der Waals surface area contributed by atoms with E-state index in [1.165, 1.54) is 5.56 Å². The van der Waals surface area contributed by atoms with Crippen molar-refractivity contribution in [2.45, 2.75) is 32.2 Å². The van der Waals surface area contributed by atoms with Gasteiger partial charge in [0, 0.05) is 57.5 Å². The quantitative estimate of drug-likeness (QED) is 0.770. The predicted molar refractivity (Wildman–Crippen MR) is 107 cm³/mol. The number of aryl methyl sites for hydroxylation is 2. The van der Waals surface area contributed by atoms with Gasteiger partial charge in [0.2, 0.25) is 5.91 Å². The second-order valence-corrected chi connectivity index (χ2v) is 6.68. The lowest BCUT2D eigenvalue weighted by atomic mass is 10.0. The topological polar surface area (TPSA) is 67.2 Å². The molecule has 1 aromatic heterocycles. The Morgan fingerprint density at radius 2 is 1.96 bits per heavy atom. The Hall–Kier alpha value is -2.18. The molecule has 1 fully saturated rings. The van der Waals surface area contributed by atoms with Crippen LogP contribution in [-0.2, 0) is 18.3 Å². The third-order valence-electron chi connectivity index (χ3n) is 4.97. The van der Waals surface area contributed by atoms with Crippen molar-refractivity contribution < 1.29 is 9.59 Å². The number of piperazine rings is 1. The summed E-state index contributed by atoms with van der Waals surface area (Å²) in [5, 5.41) is 3.32. The highest BCUT2D eigenvalue weighted by atomic mass is 35.5. The zero-order valence-electron chi connectivity index (χ0n) is 15.9. The normalized spacial score (nSPS) is 16.7. The molecule has 1 atom stereocenters. The highest BCUT2D eigenvalue weighted by Gasteiger charge is 2.30. The molecule has 0 bridgehead atoms. The molecule has 2 aromatic rings. The van der Waals surface area contributed by atoms with Crippen molar-refractivity contribution in [2.24, 2.45) is 7.05 Å². The van der Waals surface area contributed by atoms with E-state index in [0.29, 0.717) is 18.7 Å². The van der Waals surface area contributed by atoms with Crippen LogP contribution in [0.5, 0.6) is 0 Å². The summed E-state index contributed by atoms with van der Waals surface area (Å²) in [6.45, 7) is 4.17. The van der Waals surface area contributed by atoms with Crippen LogP contribution in [0.3, 0.4) is 0 Å². The lowest BCUT2D eigenvalue weighted by molar-refractivity contribution is -0.134. The number of nitrogens with zero attached hydrogens (tertiary/aromatic N) is 3. The number of benzene rings is 1. The first-order chi connectivity index (χ1) is 12.6. The molecule has 146 valence electrons. The molecule has 0 radical (unpaired) electrons. The molecule has 1 N–H and O–H groups in total. The van der Waals surface area contributed by atoms with E-state index >= 15 is 0 Å². The van der Waals surface area contributed by atoms with Crippen LogP contribution >= 0.6 is 12.4 Å². The molecule has 6 nitrogen and oxygen atoms in total. The van der Waals surface area contributed by atoms with Crippen LogP contribution in [0, 0.1) is 0 Å². The van der Waals surface area contributed by atoms with Crippen LogP contribution in [0.1, 0.15) is 47.6 Å². The van der Waals surface area contributed by atoms with Gasteiger partial charge in [-0.1, -0.05) is 31.2 Å². The first kappa shape index (κ1) is 21.1. The Kier molecular flexibility index (Phi) is 7.56. The van der Waals surface area contributed by atoms with E-state index in [4.69, 9.17) is 0 Å². The van der Waals surface area contributed by atoms with E-state index in [1.807, 2.05) is 47.0 Å². The Labute approximate surface area is 166 Å². The maximum absolute atomic E-state index is 12.8. The van der Waals surface area contributed by atoms with Gasteiger partial charge < -0.3 is 14.8 Å². The number of rotatable bonds is 6. The molecule has 1 unspecified atom stereocenters. The van der Waals surface area contributed by atoms with Crippen molar-refractivity contribution in [3.63, 3.8) is 0 Å². The standard InChI is InChI=1S/C20H26N4O2.ClH/c1-3-15-4-6-16(7-5-15)18(25)8-9-19(26)24-13-10-21-14-17(24)20-22-11-12-23(20)2;/h4-7,11-12,17,21H,3,8-10,13-14H2,1-2H3;1H. The highest BCUT2D eigenvalue weighted by molar-refractivity contribution is 5.98. The van der Waals surface area contributed by atoms with Gasteiger partial charge in [0.15, 0.2) is 5.78 Å². The third-order valence-corrected chi connectivity index (χ3v) is 4.97. The fraction of sp³-hybridized carbons (Fsp3) is 0.450. The van der Waals surface area contributed by atoms with Crippen LogP contribution < -0.4 is 5.32 Å². The monoisotopic (exact) mass is 390 g/mol. The van der Waals surface area contributed by atoms with Crippen LogP contribution in [0.2, 0.25) is 0 Å². The third kappa shape index (κ3) is 4.96. The summed E-state index contributed by atoms with van der Waals surface area (Å²) in [6, 6.07) is 7.57. The Balaban J connectivity index is 0.00000261. The van der Waals surface area contributed by atoms with E-state index in [1.54, 1.807) is 6.20 Å². The van der Waals surface area contributed by atoms with Crippen molar-refractivity contribution in [1.82, 2.24) is 19.8 Å².